The van der Waals surface area contributed by atoms with Crippen LogP contribution in [0.25, 0.3) is 0 Å². The van der Waals surface area contributed by atoms with E-state index in [4.69, 9.17) is 0 Å². The number of hydrogen-bond donors (Lipinski definition) is 2. The van der Waals surface area contributed by atoms with Gasteiger partial charge in [-0.3, -0.25) is 0 Å². The van der Waals surface area contributed by atoms with Gasteiger partial charge >= 0.3 is 0 Å². The van der Waals surface area contributed by atoms with Crippen LogP contribution in [0.15, 0.2) is 23.1 Å². The van der Waals surface area contributed by atoms with Crippen LogP contribution in [0.5, 0.6) is 0 Å². The molecule has 0 aromatic heterocycles. The first-order valence-corrected chi connectivity index (χ1v) is 9.01. The van der Waals surface area contributed by atoms with E-state index in [9.17, 15) is 13.5 Å². The van der Waals surface area contributed by atoms with Gasteiger partial charge in [-0.15, -0.1) is 0 Å². The van der Waals surface area contributed by atoms with E-state index in [1.54, 1.807) is 18.2 Å². The fourth-order valence-electron chi connectivity index (χ4n) is 3.09. The molecule has 0 spiro atoms. The third kappa shape index (κ3) is 3.84. The lowest BCUT2D eigenvalue weighted by Crippen LogP contribution is -2.33. The minimum atomic E-state index is -3.51. The highest BCUT2D eigenvalue weighted by Gasteiger charge is 2.33. The van der Waals surface area contributed by atoms with Gasteiger partial charge in [-0.25, -0.2) is 13.1 Å². The van der Waals surface area contributed by atoms with Crippen molar-refractivity contribution in [3.05, 3.63) is 29.3 Å². The highest BCUT2D eigenvalue weighted by molar-refractivity contribution is 7.89. The molecule has 1 saturated carbocycles. The molecule has 0 heterocycles. The lowest BCUT2D eigenvalue weighted by molar-refractivity contribution is 0.280. The van der Waals surface area contributed by atoms with Crippen LogP contribution in [0.4, 0.5) is 0 Å². The van der Waals surface area contributed by atoms with Crippen LogP contribution in [0.2, 0.25) is 0 Å². The van der Waals surface area contributed by atoms with Crippen molar-refractivity contribution in [2.75, 3.05) is 0 Å². The van der Waals surface area contributed by atoms with Gasteiger partial charge in [0.2, 0.25) is 10.0 Å². The number of aryl methyl sites for hydroxylation is 1. The Morgan fingerprint density at radius 3 is 2.57 bits per heavy atom. The van der Waals surface area contributed by atoms with Crippen molar-refractivity contribution in [2.45, 2.75) is 64.0 Å². The first-order chi connectivity index (χ1) is 9.77. The molecule has 1 fully saturated rings. The van der Waals surface area contributed by atoms with Crippen LogP contribution in [-0.2, 0) is 23.1 Å². The van der Waals surface area contributed by atoms with E-state index in [0.29, 0.717) is 5.56 Å². The van der Waals surface area contributed by atoms with E-state index < -0.39 is 10.0 Å². The van der Waals surface area contributed by atoms with Crippen molar-refractivity contribution < 1.29 is 13.5 Å². The summed E-state index contributed by atoms with van der Waals surface area (Å²) in [6, 6.07) is 5.01. The molecule has 118 valence electrons. The average Bonchev–Trinajstić information content (AvgIpc) is 2.76. The van der Waals surface area contributed by atoms with Crippen molar-refractivity contribution in [1.82, 2.24) is 4.72 Å². The number of benzene rings is 1. The maximum atomic E-state index is 12.5. The molecule has 1 aromatic carbocycles. The number of nitrogens with one attached hydrogen (secondary N) is 1. The third-order valence-corrected chi connectivity index (χ3v) is 5.85. The summed E-state index contributed by atoms with van der Waals surface area (Å²) in [7, 11) is -3.51. The average molecular weight is 311 g/mol. The molecule has 1 aromatic rings. The predicted molar refractivity (Wildman–Crippen MR) is 83.5 cm³/mol. The van der Waals surface area contributed by atoms with Crippen LogP contribution in [0.1, 0.15) is 51.2 Å². The van der Waals surface area contributed by atoms with Crippen molar-refractivity contribution >= 4 is 10.0 Å². The van der Waals surface area contributed by atoms with E-state index in [2.05, 4.69) is 18.6 Å². The molecule has 0 aliphatic heterocycles. The Labute approximate surface area is 127 Å². The Bertz CT molecular complexity index is 608. The summed E-state index contributed by atoms with van der Waals surface area (Å²) in [6.07, 6.45) is 3.57. The largest absolute Gasteiger partial charge is 0.392 e. The zero-order valence-electron chi connectivity index (χ0n) is 13.0. The van der Waals surface area contributed by atoms with E-state index in [1.807, 2.05) is 6.92 Å². The molecule has 0 amide bonds. The minimum absolute atomic E-state index is 0.00780. The van der Waals surface area contributed by atoms with Crippen molar-refractivity contribution in [1.29, 1.82) is 0 Å². The summed E-state index contributed by atoms with van der Waals surface area (Å²) in [5.74, 6) is 0. The van der Waals surface area contributed by atoms with Crippen molar-refractivity contribution in [2.24, 2.45) is 5.41 Å². The molecule has 2 rings (SSSR count). The normalized spacial score (nSPS) is 21.6. The van der Waals surface area contributed by atoms with E-state index in [1.165, 1.54) is 0 Å². The molecular formula is C16H25NO3S. The highest BCUT2D eigenvalue weighted by atomic mass is 32.2. The fourth-order valence-corrected chi connectivity index (χ4v) is 4.41. The molecule has 1 atom stereocenters. The summed E-state index contributed by atoms with van der Waals surface area (Å²) in [5.41, 5.74) is 1.88. The molecule has 21 heavy (non-hydrogen) atoms. The molecule has 0 bridgehead atoms. The molecule has 1 unspecified atom stereocenters. The minimum Gasteiger partial charge on any atom is -0.392 e. The second-order valence-corrected chi connectivity index (χ2v) is 8.38. The first kappa shape index (κ1) is 16.5. The van der Waals surface area contributed by atoms with Crippen LogP contribution >= 0.6 is 0 Å². The van der Waals surface area contributed by atoms with Crippen LogP contribution in [-0.4, -0.2) is 19.6 Å². The number of rotatable bonds is 5. The quantitative estimate of drug-likeness (QED) is 0.878. The Kier molecular flexibility index (Phi) is 4.76. The number of hydrogen-bond acceptors (Lipinski definition) is 3. The van der Waals surface area contributed by atoms with Gasteiger partial charge in [-0.05, 0) is 54.4 Å². The second-order valence-electron chi connectivity index (χ2n) is 6.67. The molecule has 5 heteroatoms. The van der Waals surface area contributed by atoms with Gasteiger partial charge in [-0.1, -0.05) is 26.8 Å². The van der Waals surface area contributed by atoms with Crippen LogP contribution in [0.3, 0.4) is 0 Å². The maximum Gasteiger partial charge on any atom is 0.240 e. The standard InChI is InChI=1S/C16H25NO3S/c1-4-12-5-6-15(9-13(12)11-18)21(19,20)17-14-7-8-16(2,3)10-14/h5-6,9,14,17-18H,4,7-8,10-11H2,1-3H3. The summed E-state index contributed by atoms with van der Waals surface area (Å²) in [4.78, 5) is 0.244. The summed E-state index contributed by atoms with van der Waals surface area (Å²) in [6.45, 7) is 6.19. The first-order valence-electron chi connectivity index (χ1n) is 7.52. The zero-order chi connectivity index (χ0) is 15.7. The molecule has 2 N–H and O–H groups in total. The number of aliphatic hydroxyl groups is 1. The van der Waals surface area contributed by atoms with Gasteiger partial charge in [-0.2, -0.15) is 0 Å². The number of sulfonamides is 1. The molecule has 1 aliphatic rings. The van der Waals surface area contributed by atoms with Gasteiger partial charge in [0.25, 0.3) is 0 Å². The Morgan fingerprint density at radius 1 is 1.33 bits per heavy atom. The second kappa shape index (κ2) is 6.07. The van der Waals surface area contributed by atoms with Gasteiger partial charge in [0, 0.05) is 6.04 Å². The lowest BCUT2D eigenvalue weighted by atomic mass is 9.92. The Morgan fingerprint density at radius 2 is 2.05 bits per heavy atom. The van der Waals surface area contributed by atoms with Gasteiger partial charge in [0.15, 0.2) is 0 Å². The molecule has 0 saturated heterocycles. The lowest BCUT2D eigenvalue weighted by Gasteiger charge is -2.18. The SMILES string of the molecule is CCc1ccc(S(=O)(=O)NC2CCC(C)(C)C2)cc1CO. The molecule has 1 aliphatic carbocycles. The summed E-state index contributed by atoms with van der Waals surface area (Å²) < 4.78 is 27.8. The van der Waals surface area contributed by atoms with Crippen LogP contribution in [0, 0.1) is 5.41 Å². The molecule has 0 radical (unpaired) electrons. The van der Waals surface area contributed by atoms with Gasteiger partial charge in [0.1, 0.15) is 0 Å². The van der Waals surface area contributed by atoms with Gasteiger partial charge in [0.05, 0.1) is 11.5 Å². The fraction of sp³-hybridized carbons (Fsp3) is 0.625. The van der Waals surface area contributed by atoms with E-state index in [0.717, 1.165) is 31.2 Å². The summed E-state index contributed by atoms with van der Waals surface area (Å²) >= 11 is 0. The Hall–Kier alpha value is -0.910. The van der Waals surface area contributed by atoms with Crippen LogP contribution < -0.4 is 4.72 Å². The topological polar surface area (TPSA) is 66.4 Å². The maximum absolute atomic E-state index is 12.5. The van der Waals surface area contributed by atoms with Gasteiger partial charge < -0.3 is 5.11 Å². The third-order valence-electron chi connectivity index (χ3n) is 4.33. The van der Waals surface area contributed by atoms with Crippen molar-refractivity contribution in [3.8, 4) is 0 Å². The number of aliphatic hydroxyl groups excluding tert-OH is 1. The van der Waals surface area contributed by atoms with E-state index >= 15 is 0 Å². The summed E-state index contributed by atoms with van der Waals surface area (Å²) in [5, 5.41) is 9.38. The smallest absolute Gasteiger partial charge is 0.240 e. The zero-order valence-corrected chi connectivity index (χ0v) is 13.8. The molecular weight excluding hydrogens is 286 g/mol. The van der Waals surface area contributed by atoms with Crippen molar-refractivity contribution in [3.63, 3.8) is 0 Å². The Balaban J connectivity index is 2.20. The predicted octanol–water partition coefficient (Wildman–Crippen LogP) is 2.60. The monoisotopic (exact) mass is 311 g/mol. The molecule has 4 nitrogen and oxygen atoms in total. The van der Waals surface area contributed by atoms with E-state index in [-0.39, 0.29) is 23.0 Å². The highest BCUT2D eigenvalue weighted by Crippen LogP contribution is 2.37.